The van der Waals surface area contributed by atoms with E-state index in [0.717, 1.165) is 95.8 Å². The number of rotatable bonds is 68. The second-order valence-corrected chi connectivity index (χ2v) is 27.7. The Morgan fingerprint density at radius 1 is 0.322 bits per heavy atom. The van der Waals surface area contributed by atoms with Gasteiger partial charge in [-0.05, 0) is 31.6 Å². The average molecular weight is 1280 g/mol. The predicted octanol–water partition coefficient (Wildman–Crippen LogP) is 19.4. The van der Waals surface area contributed by atoms with Crippen molar-refractivity contribution >= 4 is 39.5 Å². The SMILES string of the molecule is CCCCCCCCCCCCCCCCCC(=O)O[C@H](COC(=O)CCCCCCCCCCCCCCC)COP(=O)(O)OC[C@@H](O)COP(=O)(O)OC[C@@H](COC(=O)CCCCCCCCCCC)OC(=O)CCCCCCCCC(C)CC. The van der Waals surface area contributed by atoms with Crippen LogP contribution in [0, 0.1) is 5.92 Å². The van der Waals surface area contributed by atoms with Crippen LogP contribution in [-0.4, -0.2) is 96.7 Å². The number of ether oxygens (including phenoxy) is 4. The molecule has 0 amide bonds. The fraction of sp³-hybridized carbons (Fsp3) is 0.941. The highest BCUT2D eigenvalue weighted by molar-refractivity contribution is 7.47. The van der Waals surface area contributed by atoms with Gasteiger partial charge >= 0.3 is 39.5 Å². The van der Waals surface area contributed by atoms with Crippen molar-refractivity contribution in [2.75, 3.05) is 39.6 Å². The zero-order valence-corrected chi connectivity index (χ0v) is 57.9. The lowest BCUT2D eigenvalue weighted by Gasteiger charge is -2.21. The smallest absolute Gasteiger partial charge is 0.462 e. The van der Waals surface area contributed by atoms with Gasteiger partial charge in [0.2, 0.25) is 0 Å². The molecule has 0 aromatic heterocycles. The van der Waals surface area contributed by atoms with E-state index < -0.39 is 97.5 Å². The number of unbranched alkanes of at least 4 members (excludes halogenated alkanes) is 39. The Hall–Kier alpha value is -1.94. The van der Waals surface area contributed by atoms with Gasteiger partial charge in [-0.15, -0.1) is 0 Å². The molecule has 0 radical (unpaired) electrons. The minimum atomic E-state index is -4.95. The maximum Gasteiger partial charge on any atom is 0.472 e. The van der Waals surface area contributed by atoms with Crippen molar-refractivity contribution in [1.29, 1.82) is 0 Å². The van der Waals surface area contributed by atoms with E-state index in [1.54, 1.807) is 0 Å². The molecule has 0 aromatic rings. The van der Waals surface area contributed by atoms with Gasteiger partial charge in [-0.1, -0.05) is 298 Å². The summed E-state index contributed by atoms with van der Waals surface area (Å²) < 4.78 is 68.2. The van der Waals surface area contributed by atoms with Gasteiger partial charge in [0.25, 0.3) is 0 Å². The van der Waals surface area contributed by atoms with E-state index in [0.29, 0.717) is 25.7 Å². The fourth-order valence-corrected chi connectivity index (χ4v) is 11.8. The maximum absolute atomic E-state index is 13.0. The summed E-state index contributed by atoms with van der Waals surface area (Å²) in [4.78, 5) is 72.4. The normalized spacial score (nSPS) is 14.4. The summed E-state index contributed by atoms with van der Waals surface area (Å²) in [7, 11) is -9.89. The second kappa shape index (κ2) is 61.6. The number of hydrogen-bond donors (Lipinski definition) is 3. The Morgan fingerprint density at radius 3 is 0.816 bits per heavy atom. The molecule has 87 heavy (non-hydrogen) atoms. The van der Waals surface area contributed by atoms with Gasteiger partial charge in [0.15, 0.2) is 12.2 Å². The zero-order chi connectivity index (χ0) is 64.2. The first-order valence-corrected chi connectivity index (χ1v) is 38.7. The monoisotopic (exact) mass is 1280 g/mol. The van der Waals surface area contributed by atoms with Crippen LogP contribution in [-0.2, 0) is 65.4 Å². The second-order valence-electron chi connectivity index (χ2n) is 24.8. The molecule has 0 spiro atoms. The molecule has 0 heterocycles. The minimum Gasteiger partial charge on any atom is -0.462 e. The summed E-state index contributed by atoms with van der Waals surface area (Å²) in [6, 6.07) is 0. The van der Waals surface area contributed by atoms with Crippen molar-refractivity contribution in [2.45, 2.75) is 368 Å². The van der Waals surface area contributed by atoms with E-state index in [4.69, 9.17) is 37.0 Å². The van der Waals surface area contributed by atoms with Crippen molar-refractivity contribution in [3.05, 3.63) is 0 Å². The summed E-state index contributed by atoms with van der Waals surface area (Å²) in [5.41, 5.74) is 0. The van der Waals surface area contributed by atoms with Gasteiger partial charge < -0.3 is 33.8 Å². The molecule has 0 aliphatic heterocycles. The van der Waals surface area contributed by atoms with Gasteiger partial charge in [0, 0.05) is 25.7 Å². The molecule has 0 aliphatic carbocycles. The van der Waals surface area contributed by atoms with Crippen LogP contribution in [0.15, 0.2) is 0 Å². The number of phosphoric acid groups is 2. The molecule has 0 saturated heterocycles. The Labute approximate surface area is 530 Å². The minimum absolute atomic E-state index is 0.103. The largest absolute Gasteiger partial charge is 0.472 e. The van der Waals surface area contributed by atoms with E-state index in [1.807, 2.05) is 0 Å². The highest BCUT2D eigenvalue weighted by Crippen LogP contribution is 2.45. The van der Waals surface area contributed by atoms with Gasteiger partial charge in [-0.25, -0.2) is 9.13 Å². The van der Waals surface area contributed by atoms with Crippen LogP contribution in [0.5, 0.6) is 0 Å². The van der Waals surface area contributed by atoms with E-state index >= 15 is 0 Å². The van der Waals surface area contributed by atoms with E-state index in [9.17, 15) is 43.2 Å². The van der Waals surface area contributed by atoms with Crippen LogP contribution < -0.4 is 0 Å². The van der Waals surface area contributed by atoms with Gasteiger partial charge in [0.1, 0.15) is 19.3 Å². The van der Waals surface area contributed by atoms with Crippen molar-refractivity contribution in [3.63, 3.8) is 0 Å². The molecular formula is C68H132O17P2. The number of aliphatic hydroxyl groups excluding tert-OH is 1. The van der Waals surface area contributed by atoms with Gasteiger partial charge in [-0.2, -0.15) is 0 Å². The molecule has 3 unspecified atom stereocenters. The first kappa shape index (κ1) is 85.1. The molecule has 17 nitrogen and oxygen atoms in total. The first-order chi connectivity index (χ1) is 42.1. The Balaban J connectivity index is 5.23. The van der Waals surface area contributed by atoms with E-state index in [-0.39, 0.29) is 25.7 Å². The predicted molar refractivity (Wildman–Crippen MR) is 349 cm³/mol. The number of carbonyl (C=O) groups is 4. The number of carbonyl (C=O) groups excluding carboxylic acids is 4. The standard InChI is InChI=1S/C68H132O17P2/c1-6-10-13-16-19-22-24-26-27-29-31-34-37-43-48-53-67(72)84-63(57-79-66(71)52-47-42-36-33-30-28-25-23-20-17-14-11-7-2)59-82-86(74,75)80-55-62(69)56-81-87(76,77)83-60-64(58-78-65(70)51-46-41-35-32-21-18-15-12-8-3)85-68(73)54-49-44-39-38-40-45-50-61(5)9-4/h61-64,69H,6-60H2,1-5H3,(H,74,75)(H,76,77)/t61?,62-,63-,64-/m1/s1. The molecule has 6 atom stereocenters. The topological polar surface area (TPSA) is 237 Å². The van der Waals surface area contributed by atoms with Crippen molar-refractivity contribution < 1.29 is 80.2 Å². The van der Waals surface area contributed by atoms with E-state index in [2.05, 4.69) is 34.6 Å². The number of phosphoric ester groups is 2. The first-order valence-electron chi connectivity index (χ1n) is 35.7. The molecule has 3 N–H and O–H groups in total. The summed E-state index contributed by atoms with van der Waals surface area (Å²) in [5.74, 6) is -1.41. The Bertz CT molecular complexity index is 1690. The lowest BCUT2D eigenvalue weighted by atomic mass is 10.00. The molecule has 0 aliphatic rings. The van der Waals surface area contributed by atoms with Crippen molar-refractivity contribution in [2.24, 2.45) is 5.92 Å². The molecule has 0 aromatic carbocycles. The van der Waals surface area contributed by atoms with Crippen LogP contribution in [0.4, 0.5) is 0 Å². The van der Waals surface area contributed by atoms with Gasteiger partial charge in [-0.3, -0.25) is 37.3 Å². The van der Waals surface area contributed by atoms with Crippen LogP contribution in [0.25, 0.3) is 0 Å². The molecule has 516 valence electrons. The zero-order valence-electron chi connectivity index (χ0n) is 56.2. The van der Waals surface area contributed by atoms with E-state index in [1.165, 1.54) is 173 Å². The van der Waals surface area contributed by atoms with Gasteiger partial charge in [0.05, 0.1) is 26.4 Å². The number of esters is 4. The van der Waals surface area contributed by atoms with Crippen molar-refractivity contribution in [3.8, 4) is 0 Å². The lowest BCUT2D eigenvalue weighted by molar-refractivity contribution is -0.161. The molecular weight excluding hydrogens is 1150 g/mol. The fourth-order valence-electron chi connectivity index (χ4n) is 10.3. The Kier molecular flexibility index (Phi) is 60.2. The summed E-state index contributed by atoms with van der Waals surface area (Å²) >= 11 is 0. The summed E-state index contributed by atoms with van der Waals surface area (Å²) in [6.07, 6.45) is 47.1. The van der Waals surface area contributed by atoms with Crippen LogP contribution >= 0.6 is 15.6 Å². The van der Waals surface area contributed by atoms with Crippen LogP contribution in [0.3, 0.4) is 0 Å². The van der Waals surface area contributed by atoms with Crippen LogP contribution in [0.1, 0.15) is 349 Å². The quantitative estimate of drug-likeness (QED) is 0.0222. The summed E-state index contributed by atoms with van der Waals surface area (Å²) in [6.45, 7) is 7.17. The molecule has 0 rings (SSSR count). The number of hydrogen-bond acceptors (Lipinski definition) is 15. The third-order valence-electron chi connectivity index (χ3n) is 16.1. The number of aliphatic hydroxyl groups is 1. The molecule has 0 bridgehead atoms. The third-order valence-corrected chi connectivity index (χ3v) is 18.0. The molecule has 0 saturated carbocycles. The van der Waals surface area contributed by atoms with Crippen molar-refractivity contribution in [1.82, 2.24) is 0 Å². The average Bonchev–Trinajstić information content (AvgIpc) is 3.71. The Morgan fingerprint density at radius 2 is 0.552 bits per heavy atom. The maximum atomic E-state index is 13.0. The summed E-state index contributed by atoms with van der Waals surface area (Å²) in [5, 5.41) is 10.6. The highest BCUT2D eigenvalue weighted by atomic mass is 31.2. The highest BCUT2D eigenvalue weighted by Gasteiger charge is 2.30. The van der Waals surface area contributed by atoms with Crippen LogP contribution in [0.2, 0.25) is 0 Å². The lowest BCUT2D eigenvalue weighted by Crippen LogP contribution is -2.30. The third kappa shape index (κ3) is 61.3. The molecule has 19 heteroatoms. The molecule has 0 fully saturated rings.